The zero-order valence-corrected chi connectivity index (χ0v) is 12.0. The van der Waals surface area contributed by atoms with Crippen LogP contribution < -0.4 is 10.5 Å². The Balaban J connectivity index is 1.58. The Bertz CT molecular complexity index is 724. The molecule has 4 rings (SSSR count). The minimum Gasteiger partial charge on any atom is -0.380 e. The largest absolute Gasteiger partial charge is 0.380 e. The number of ether oxygens (including phenoxy) is 1. The Morgan fingerprint density at radius 2 is 2.05 bits per heavy atom. The summed E-state index contributed by atoms with van der Waals surface area (Å²) in [5.74, 6) is 0.657. The van der Waals surface area contributed by atoms with Crippen molar-refractivity contribution < 1.29 is 4.74 Å². The average molecular weight is 283 g/mol. The van der Waals surface area contributed by atoms with Crippen LogP contribution in [0.3, 0.4) is 0 Å². The fourth-order valence-corrected chi connectivity index (χ4v) is 2.98. The highest BCUT2D eigenvalue weighted by Crippen LogP contribution is 2.39. The monoisotopic (exact) mass is 283 g/mol. The molecule has 1 spiro atoms. The summed E-state index contributed by atoms with van der Waals surface area (Å²) in [7, 11) is 0. The molecular formula is C16H17N3O2. The molecule has 0 aromatic carbocycles. The Kier molecular flexibility index (Phi) is 2.65. The van der Waals surface area contributed by atoms with Gasteiger partial charge in [0.2, 0.25) is 0 Å². The molecule has 2 aromatic rings. The second kappa shape index (κ2) is 4.43. The number of aryl methyl sites for hydroxylation is 1. The van der Waals surface area contributed by atoms with Crippen molar-refractivity contribution in [1.82, 2.24) is 9.55 Å². The van der Waals surface area contributed by atoms with E-state index in [1.54, 1.807) is 23.0 Å². The molecule has 0 N–H and O–H groups in total. The summed E-state index contributed by atoms with van der Waals surface area (Å²) >= 11 is 0. The number of pyridine rings is 2. The third-order valence-electron chi connectivity index (χ3n) is 4.28. The quantitative estimate of drug-likeness (QED) is 0.835. The van der Waals surface area contributed by atoms with Gasteiger partial charge in [-0.25, -0.2) is 4.98 Å². The highest BCUT2D eigenvalue weighted by Gasteiger charge is 2.49. The van der Waals surface area contributed by atoms with Crippen LogP contribution >= 0.6 is 0 Å². The van der Waals surface area contributed by atoms with Crippen molar-refractivity contribution in [3.05, 3.63) is 52.6 Å². The predicted octanol–water partition coefficient (Wildman–Crippen LogP) is 1.38. The molecule has 5 heteroatoms. The van der Waals surface area contributed by atoms with E-state index in [4.69, 9.17) is 4.74 Å². The zero-order chi connectivity index (χ0) is 14.4. The highest BCUT2D eigenvalue weighted by molar-refractivity contribution is 5.50. The Labute approximate surface area is 122 Å². The summed E-state index contributed by atoms with van der Waals surface area (Å²) in [4.78, 5) is 18.8. The van der Waals surface area contributed by atoms with Crippen molar-refractivity contribution in [3.8, 4) is 5.82 Å². The first-order valence-corrected chi connectivity index (χ1v) is 7.14. The van der Waals surface area contributed by atoms with Crippen LogP contribution in [0.2, 0.25) is 0 Å². The molecule has 2 aromatic heterocycles. The van der Waals surface area contributed by atoms with Crippen LogP contribution in [0.5, 0.6) is 0 Å². The summed E-state index contributed by atoms with van der Waals surface area (Å²) < 4.78 is 6.85. The summed E-state index contributed by atoms with van der Waals surface area (Å²) in [6, 6.07) is 7.49. The van der Waals surface area contributed by atoms with E-state index < -0.39 is 0 Å². The maximum Gasteiger partial charge on any atom is 0.258 e. The van der Waals surface area contributed by atoms with Crippen molar-refractivity contribution in [2.75, 3.05) is 31.2 Å². The van der Waals surface area contributed by atoms with Gasteiger partial charge in [0.25, 0.3) is 5.56 Å². The van der Waals surface area contributed by atoms with Gasteiger partial charge in [0.05, 0.1) is 18.6 Å². The number of anilines is 1. The van der Waals surface area contributed by atoms with Gasteiger partial charge in [0.1, 0.15) is 5.82 Å². The van der Waals surface area contributed by atoms with Gasteiger partial charge in [0, 0.05) is 37.2 Å². The van der Waals surface area contributed by atoms with E-state index in [0.717, 1.165) is 37.6 Å². The molecular weight excluding hydrogens is 266 g/mol. The van der Waals surface area contributed by atoms with Crippen molar-refractivity contribution >= 4 is 5.69 Å². The molecule has 2 aliphatic heterocycles. The number of nitrogens with zero attached hydrogens (tertiary/aromatic N) is 3. The molecule has 0 unspecified atom stereocenters. The maximum atomic E-state index is 12.3. The van der Waals surface area contributed by atoms with Gasteiger partial charge in [-0.1, -0.05) is 6.07 Å². The third-order valence-corrected chi connectivity index (χ3v) is 4.28. The van der Waals surface area contributed by atoms with E-state index in [9.17, 15) is 4.79 Å². The summed E-state index contributed by atoms with van der Waals surface area (Å²) in [5.41, 5.74) is 2.38. The van der Waals surface area contributed by atoms with Crippen LogP contribution in [0.1, 0.15) is 5.56 Å². The molecule has 0 radical (unpaired) electrons. The molecule has 2 saturated heterocycles. The number of hydrogen-bond donors (Lipinski definition) is 0. The van der Waals surface area contributed by atoms with Gasteiger partial charge < -0.3 is 9.64 Å². The van der Waals surface area contributed by atoms with Gasteiger partial charge in [0.15, 0.2) is 0 Å². The summed E-state index contributed by atoms with van der Waals surface area (Å²) in [5, 5.41) is 0. The van der Waals surface area contributed by atoms with Crippen LogP contribution in [-0.4, -0.2) is 35.9 Å². The fraction of sp³-hybridized carbons (Fsp3) is 0.375. The first kappa shape index (κ1) is 12.6. The Morgan fingerprint density at radius 3 is 2.62 bits per heavy atom. The van der Waals surface area contributed by atoms with Crippen LogP contribution in [0.4, 0.5) is 5.69 Å². The zero-order valence-electron chi connectivity index (χ0n) is 12.0. The van der Waals surface area contributed by atoms with Gasteiger partial charge in [-0.05, 0) is 24.6 Å². The van der Waals surface area contributed by atoms with E-state index in [-0.39, 0.29) is 5.56 Å². The predicted molar refractivity (Wildman–Crippen MR) is 80.0 cm³/mol. The molecule has 0 atom stereocenters. The molecule has 0 aliphatic carbocycles. The highest BCUT2D eigenvalue weighted by atomic mass is 16.5. The van der Waals surface area contributed by atoms with Crippen LogP contribution in [0, 0.1) is 12.3 Å². The molecule has 108 valence electrons. The van der Waals surface area contributed by atoms with Crippen molar-refractivity contribution in [3.63, 3.8) is 0 Å². The molecule has 2 aliphatic rings. The van der Waals surface area contributed by atoms with Crippen molar-refractivity contribution in [2.24, 2.45) is 5.41 Å². The van der Waals surface area contributed by atoms with Gasteiger partial charge in [-0.2, -0.15) is 0 Å². The minimum absolute atomic E-state index is 0.0466. The summed E-state index contributed by atoms with van der Waals surface area (Å²) in [6.07, 6.45) is 3.57. The third kappa shape index (κ3) is 2.05. The van der Waals surface area contributed by atoms with Crippen LogP contribution in [0.25, 0.3) is 5.82 Å². The molecule has 0 amide bonds. The van der Waals surface area contributed by atoms with E-state index in [1.807, 2.05) is 25.1 Å². The minimum atomic E-state index is -0.0466. The molecule has 0 saturated carbocycles. The summed E-state index contributed by atoms with van der Waals surface area (Å²) in [6.45, 7) is 5.66. The molecule has 21 heavy (non-hydrogen) atoms. The molecule has 5 nitrogen and oxygen atoms in total. The molecule has 4 heterocycles. The van der Waals surface area contributed by atoms with Crippen molar-refractivity contribution in [2.45, 2.75) is 6.92 Å². The number of hydrogen-bond acceptors (Lipinski definition) is 4. The lowest BCUT2D eigenvalue weighted by Gasteiger charge is -2.56. The van der Waals surface area contributed by atoms with Gasteiger partial charge in [-0.15, -0.1) is 0 Å². The number of rotatable bonds is 2. The Morgan fingerprint density at radius 1 is 1.24 bits per heavy atom. The lowest BCUT2D eigenvalue weighted by molar-refractivity contribution is -0.127. The van der Waals surface area contributed by atoms with E-state index in [1.165, 1.54) is 0 Å². The smallest absolute Gasteiger partial charge is 0.258 e. The van der Waals surface area contributed by atoms with Crippen LogP contribution in [-0.2, 0) is 4.74 Å². The van der Waals surface area contributed by atoms with E-state index in [0.29, 0.717) is 11.2 Å². The average Bonchev–Trinajstić information content (AvgIpc) is 2.37. The first-order chi connectivity index (χ1) is 10.2. The van der Waals surface area contributed by atoms with E-state index >= 15 is 0 Å². The number of aromatic nitrogens is 2. The topological polar surface area (TPSA) is 47.4 Å². The van der Waals surface area contributed by atoms with Gasteiger partial charge in [-0.3, -0.25) is 9.36 Å². The second-order valence-electron chi connectivity index (χ2n) is 6.14. The lowest BCUT2D eigenvalue weighted by atomic mass is 9.78. The van der Waals surface area contributed by atoms with Gasteiger partial charge >= 0.3 is 0 Å². The fourth-order valence-electron chi connectivity index (χ4n) is 2.98. The molecule has 2 fully saturated rings. The lowest BCUT2D eigenvalue weighted by Crippen LogP contribution is -2.66. The Hall–Kier alpha value is -2.14. The second-order valence-corrected chi connectivity index (χ2v) is 6.14. The van der Waals surface area contributed by atoms with E-state index in [2.05, 4.69) is 9.88 Å². The standard InChI is InChI=1S/C16H17N3O2/c1-12-2-3-14(17-7-12)19-5-4-13(6-15(19)20)18-8-16(9-18)10-21-11-16/h2-7H,8-11H2,1H3. The maximum absolute atomic E-state index is 12.3. The SMILES string of the molecule is Cc1ccc(-n2ccc(N3CC4(COC4)C3)cc2=O)nc1. The van der Waals surface area contributed by atoms with Crippen LogP contribution in [0.15, 0.2) is 41.5 Å². The van der Waals surface area contributed by atoms with Crippen molar-refractivity contribution in [1.29, 1.82) is 0 Å². The molecule has 0 bridgehead atoms. The normalized spacial score (nSPS) is 19.2. The first-order valence-electron chi connectivity index (χ1n) is 7.14.